The smallest absolute Gasteiger partial charge is 0.312 e. The van der Waals surface area contributed by atoms with E-state index in [1.165, 1.54) is 6.08 Å². The van der Waals surface area contributed by atoms with Crippen molar-refractivity contribution in [2.75, 3.05) is 6.61 Å². The number of rotatable bonds is 11. The van der Waals surface area contributed by atoms with Crippen LogP contribution in [0, 0.1) is 11.3 Å². The lowest BCUT2D eigenvalue weighted by Gasteiger charge is -2.28. The average Bonchev–Trinajstić information content (AvgIpc) is 2.67. The summed E-state index contributed by atoms with van der Waals surface area (Å²) in [5, 5.41) is 0. The fourth-order valence-corrected chi connectivity index (χ4v) is 2.36. The van der Waals surface area contributed by atoms with Gasteiger partial charge in [-0.2, -0.15) is 0 Å². The van der Waals surface area contributed by atoms with Crippen LogP contribution in [0.4, 0.5) is 0 Å². The largest absolute Gasteiger partial charge is 0.460 e. The highest BCUT2D eigenvalue weighted by Gasteiger charge is 2.32. The molecule has 31 heavy (non-hydrogen) atoms. The molecule has 0 saturated carbocycles. The van der Waals surface area contributed by atoms with Crippen molar-refractivity contribution in [3.8, 4) is 0 Å². The molecule has 1 heterocycles. The van der Waals surface area contributed by atoms with Crippen LogP contribution in [0.2, 0.25) is 0 Å². The highest BCUT2D eigenvalue weighted by molar-refractivity contribution is 5.90. The van der Waals surface area contributed by atoms with E-state index in [0.717, 1.165) is 5.56 Å². The first kappa shape index (κ1) is 26.8. The number of nitrogens with zero attached hydrogens (tertiary/aromatic N) is 1. The lowest BCUT2D eigenvalue weighted by Crippen LogP contribution is -2.34. The summed E-state index contributed by atoms with van der Waals surface area (Å²) < 4.78 is 10.9. The van der Waals surface area contributed by atoms with Crippen molar-refractivity contribution in [1.82, 2.24) is 10.5 Å². The van der Waals surface area contributed by atoms with E-state index < -0.39 is 23.2 Å². The summed E-state index contributed by atoms with van der Waals surface area (Å²) in [4.78, 5) is 33.7. The quantitative estimate of drug-likeness (QED) is 0.239. The van der Waals surface area contributed by atoms with Crippen LogP contribution in [-0.4, -0.2) is 35.4 Å². The van der Waals surface area contributed by atoms with Crippen LogP contribution in [0.5, 0.6) is 0 Å². The Bertz CT molecular complexity index is 733. The van der Waals surface area contributed by atoms with Gasteiger partial charge in [-0.1, -0.05) is 19.9 Å². The molecule has 0 fully saturated rings. The molecule has 1 unspecified atom stereocenters. The first-order chi connectivity index (χ1) is 14.3. The molecule has 7 heteroatoms. The Morgan fingerprint density at radius 3 is 2.35 bits per heavy atom. The third kappa shape index (κ3) is 11.6. The Kier molecular flexibility index (Phi) is 10.3. The SMILES string of the molecule is CC(C)COC(C)ONC(=O)/C=C/c1ccc(CCC(C)(C)C(=O)OC(C)(C)C)cn1. The van der Waals surface area contributed by atoms with Gasteiger partial charge in [-0.3, -0.25) is 14.6 Å². The summed E-state index contributed by atoms with van der Waals surface area (Å²) in [5.74, 6) is -0.214. The van der Waals surface area contributed by atoms with E-state index in [1.807, 2.05) is 60.6 Å². The number of aryl methyl sites for hydroxylation is 1. The predicted octanol–water partition coefficient (Wildman–Crippen LogP) is 4.46. The molecule has 1 amide bonds. The zero-order chi connectivity index (χ0) is 23.7. The van der Waals surface area contributed by atoms with Crippen molar-refractivity contribution in [3.63, 3.8) is 0 Å². The summed E-state index contributed by atoms with van der Waals surface area (Å²) in [7, 11) is 0. The van der Waals surface area contributed by atoms with Crippen molar-refractivity contribution >= 4 is 18.0 Å². The predicted molar refractivity (Wildman–Crippen MR) is 121 cm³/mol. The Morgan fingerprint density at radius 1 is 1.13 bits per heavy atom. The molecule has 1 N–H and O–H groups in total. The van der Waals surface area contributed by atoms with E-state index >= 15 is 0 Å². The summed E-state index contributed by atoms with van der Waals surface area (Å²) in [6.07, 6.45) is 5.53. The Labute approximate surface area is 186 Å². The normalized spacial score (nSPS) is 13.5. The minimum Gasteiger partial charge on any atom is -0.460 e. The molecule has 0 bridgehead atoms. The fourth-order valence-electron chi connectivity index (χ4n) is 2.36. The fraction of sp³-hybridized carbons (Fsp3) is 0.625. The number of hydrogen-bond acceptors (Lipinski definition) is 6. The van der Waals surface area contributed by atoms with Gasteiger partial charge in [-0.05, 0) is 78.0 Å². The maximum absolute atomic E-state index is 12.4. The number of carbonyl (C=O) groups excluding carboxylic acids is 2. The third-order valence-corrected chi connectivity index (χ3v) is 4.23. The van der Waals surface area contributed by atoms with E-state index in [1.54, 1.807) is 19.2 Å². The molecule has 0 aliphatic heterocycles. The highest BCUT2D eigenvalue weighted by Crippen LogP contribution is 2.27. The first-order valence-electron chi connectivity index (χ1n) is 10.7. The van der Waals surface area contributed by atoms with Crippen LogP contribution in [0.1, 0.15) is 73.1 Å². The molecule has 7 nitrogen and oxygen atoms in total. The highest BCUT2D eigenvalue weighted by atomic mass is 16.8. The van der Waals surface area contributed by atoms with Crippen LogP contribution in [0.15, 0.2) is 24.4 Å². The number of amides is 1. The number of carbonyl (C=O) groups is 2. The molecule has 0 spiro atoms. The molecule has 1 aromatic rings. The van der Waals surface area contributed by atoms with E-state index in [0.29, 0.717) is 31.1 Å². The third-order valence-electron chi connectivity index (χ3n) is 4.23. The van der Waals surface area contributed by atoms with E-state index in [2.05, 4.69) is 10.5 Å². The van der Waals surface area contributed by atoms with Crippen molar-refractivity contribution in [2.24, 2.45) is 11.3 Å². The van der Waals surface area contributed by atoms with Crippen molar-refractivity contribution < 1.29 is 23.9 Å². The molecule has 0 aromatic carbocycles. The van der Waals surface area contributed by atoms with Gasteiger partial charge >= 0.3 is 5.97 Å². The molecule has 174 valence electrons. The lowest BCUT2D eigenvalue weighted by molar-refractivity contribution is -0.180. The Balaban J connectivity index is 2.49. The standard InChI is InChI=1S/C24H38N2O5/c1-17(2)16-29-18(3)31-26-21(27)12-11-20-10-9-19(15-25-20)13-14-24(7,8)22(28)30-23(4,5)6/h9-12,15,17-18H,13-14,16H2,1-8H3,(H,26,27)/b12-11+. The molecular formula is C24H38N2O5. The van der Waals surface area contributed by atoms with E-state index in [9.17, 15) is 9.59 Å². The molecule has 0 aliphatic rings. The summed E-state index contributed by atoms with van der Waals surface area (Å²) >= 11 is 0. The van der Waals surface area contributed by atoms with Crippen LogP contribution < -0.4 is 5.48 Å². The van der Waals surface area contributed by atoms with Gasteiger partial charge in [0.2, 0.25) is 0 Å². The number of pyridine rings is 1. The molecule has 1 atom stereocenters. The second kappa shape index (κ2) is 12.0. The van der Waals surface area contributed by atoms with Gasteiger partial charge < -0.3 is 9.47 Å². The zero-order valence-electron chi connectivity index (χ0n) is 20.2. The second-order valence-electron chi connectivity index (χ2n) is 9.69. The van der Waals surface area contributed by atoms with Crippen LogP contribution in [0.3, 0.4) is 0 Å². The van der Waals surface area contributed by atoms with Crippen LogP contribution in [0.25, 0.3) is 6.08 Å². The molecule has 0 aliphatic carbocycles. The number of nitrogens with one attached hydrogen (secondary N) is 1. The van der Waals surface area contributed by atoms with Gasteiger partial charge in [0.25, 0.3) is 5.91 Å². The van der Waals surface area contributed by atoms with Gasteiger partial charge in [0, 0.05) is 12.3 Å². The van der Waals surface area contributed by atoms with Gasteiger partial charge in [0.05, 0.1) is 17.7 Å². The molecule has 1 rings (SSSR count). The Hall–Kier alpha value is -2.25. The number of esters is 1. The van der Waals surface area contributed by atoms with Gasteiger partial charge in [0.15, 0.2) is 6.29 Å². The summed E-state index contributed by atoms with van der Waals surface area (Å²) in [6, 6.07) is 3.77. The van der Waals surface area contributed by atoms with Crippen LogP contribution in [-0.2, 0) is 30.3 Å². The maximum Gasteiger partial charge on any atom is 0.312 e. The Morgan fingerprint density at radius 2 is 1.81 bits per heavy atom. The minimum absolute atomic E-state index is 0.204. The molecule has 0 radical (unpaired) electrons. The zero-order valence-corrected chi connectivity index (χ0v) is 20.2. The second-order valence-corrected chi connectivity index (χ2v) is 9.69. The average molecular weight is 435 g/mol. The van der Waals surface area contributed by atoms with Crippen molar-refractivity contribution in [2.45, 2.75) is 80.1 Å². The van der Waals surface area contributed by atoms with Gasteiger partial charge in [0.1, 0.15) is 5.60 Å². The van der Waals surface area contributed by atoms with Crippen LogP contribution >= 0.6 is 0 Å². The number of hydroxylamine groups is 1. The lowest BCUT2D eigenvalue weighted by atomic mass is 9.86. The van der Waals surface area contributed by atoms with E-state index in [-0.39, 0.29) is 5.97 Å². The number of aromatic nitrogens is 1. The summed E-state index contributed by atoms with van der Waals surface area (Å²) in [5.41, 5.74) is 2.91. The van der Waals surface area contributed by atoms with Crippen molar-refractivity contribution in [3.05, 3.63) is 35.7 Å². The minimum atomic E-state index is -0.583. The van der Waals surface area contributed by atoms with Gasteiger partial charge in [-0.15, -0.1) is 0 Å². The molecule has 0 saturated heterocycles. The molecular weight excluding hydrogens is 396 g/mol. The van der Waals surface area contributed by atoms with Crippen molar-refractivity contribution in [1.29, 1.82) is 0 Å². The summed E-state index contributed by atoms with van der Waals surface area (Å²) in [6.45, 7) is 15.7. The first-order valence-corrected chi connectivity index (χ1v) is 10.7. The van der Waals surface area contributed by atoms with Gasteiger partial charge in [-0.25, -0.2) is 10.3 Å². The number of hydrogen-bond donors (Lipinski definition) is 1. The molecule has 1 aromatic heterocycles. The topological polar surface area (TPSA) is 86.8 Å². The monoisotopic (exact) mass is 434 g/mol. The maximum atomic E-state index is 12.4. The van der Waals surface area contributed by atoms with E-state index in [4.69, 9.17) is 14.3 Å². The number of ether oxygens (including phenoxy) is 2.